The predicted octanol–water partition coefficient (Wildman–Crippen LogP) is 10.6. The van der Waals surface area contributed by atoms with Gasteiger partial charge in [0.15, 0.2) is 0 Å². The van der Waals surface area contributed by atoms with Crippen LogP contribution in [0.1, 0.15) is 12.8 Å². The van der Waals surface area contributed by atoms with Crippen LogP contribution in [0.15, 0.2) is 0 Å². The molecule has 0 aliphatic heterocycles. The minimum atomic E-state index is -8.24. The van der Waals surface area contributed by atoms with Gasteiger partial charge in [-0.05, 0) is 0 Å². The zero-order valence-corrected chi connectivity index (χ0v) is 21.1. The van der Waals surface area contributed by atoms with Crippen molar-refractivity contribution in [3.05, 3.63) is 0 Å². The molecule has 0 saturated carbocycles. The Labute approximate surface area is 232 Å². The van der Waals surface area contributed by atoms with E-state index in [0.717, 1.165) is 0 Å². The van der Waals surface area contributed by atoms with Gasteiger partial charge in [-0.1, -0.05) is 21.6 Å². The molecule has 0 aromatic carbocycles. The maximum Gasteiger partial charge on any atom is 0.460 e. The molecule has 0 spiro atoms. The Balaban J connectivity index is 5.62. The fourth-order valence-corrected chi connectivity index (χ4v) is 4.50. The standard InChI is InChI=1S/C16H8F26S2/c17-5(18,7(21,22)9(25,26)11(29,30)13(33,34)15(37,38)39)1-3-43-44-4-2-6(19,20)8(23,24)10(27,28)12(31,32)14(35,36)16(40,41)42/h1-4H2. The number of hydrogen-bond donors (Lipinski definition) is 0. The second-order valence-corrected chi connectivity index (χ2v) is 10.8. The molecule has 0 radical (unpaired) electrons. The second kappa shape index (κ2) is 11.8. The molecule has 44 heavy (non-hydrogen) atoms. The highest BCUT2D eigenvalue weighted by atomic mass is 33.1. The van der Waals surface area contributed by atoms with Crippen LogP contribution in [0.5, 0.6) is 0 Å². The van der Waals surface area contributed by atoms with Gasteiger partial charge in [0.05, 0.1) is 0 Å². The SMILES string of the molecule is FC(F)(F)C(F)(F)C(F)(F)C(F)(F)C(F)(F)C(F)(F)CCSSCCC(F)(F)C(F)(F)C(F)(F)C(F)(F)C(F)(F)C(F)(F)F. The third-order valence-electron chi connectivity index (χ3n) is 5.08. The molecule has 0 aromatic heterocycles. The van der Waals surface area contributed by atoms with Crippen molar-refractivity contribution in [2.45, 2.75) is 84.4 Å². The van der Waals surface area contributed by atoms with Gasteiger partial charge in [0.1, 0.15) is 0 Å². The molecule has 0 atom stereocenters. The molecule has 266 valence electrons. The van der Waals surface area contributed by atoms with Crippen LogP contribution in [0.2, 0.25) is 0 Å². The van der Waals surface area contributed by atoms with Crippen molar-refractivity contribution in [1.29, 1.82) is 0 Å². The lowest BCUT2D eigenvalue weighted by Crippen LogP contribution is -2.70. The summed E-state index contributed by atoms with van der Waals surface area (Å²) in [6.07, 6.45) is -21.2. The topological polar surface area (TPSA) is 0 Å². The van der Waals surface area contributed by atoms with Gasteiger partial charge in [-0.25, -0.2) is 0 Å². The fourth-order valence-electron chi connectivity index (χ4n) is 2.38. The molecule has 0 rings (SSSR count). The summed E-state index contributed by atoms with van der Waals surface area (Å²) in [4.78, 5) is 0. The normalized spacial score (nSPS) is 16.5. The molecule has 0 fully saturated rings. The van der Waals surface area contributed by atoms with Crippen LogP contribution in [0.3, 0.4) is 0 Å². The molecule has 0 N–H and O–H groups in total. The molecule has 0 aliphatic carbocycles. The molecule has 0 aromatic rings. The van der Waals surface area contributed by atoms with E-state index in [4.69, 9.17) is 0 Å². The third kappa shape index (κ3) is 6.52. The summed E-state index contributed by atoms with van der Waals surface area (Å²) in [5, 5.41) is 0. The smallest absolute Gasteiger partial charge is 0.200 e. The highest BCUT2D eigenvalue weighted by Crippen LogP contribution is 2.62. The fraction of sp³-hybridized carbons (Fsp3) is 1.00. The number of alkyl halides is 26. The molecule has 0 amide bonds. The Morgan fingerprint density at radius 3 is 0.614 bits per heavy atom. The average Bonchev–Trinajstić information content (AvgIpc) is 2.78. The molecule has 0 unspecified atom stereocenters. The second-order valence-electron chi connectivity index (χ2n) is 8.14. The van der Waals surface area contributed by atoms with Crippen LogP contribution in [0.4, 0.5) is 114 Å². The van der Waals surface area contributed by atoms with E-state index in [1.54, 1.807) is 0 Å². The van der Waals surface area contributed by atoms with Gasteiger partial charge in [-0.2, -0.15) is 114 Å². The van der Waals surface area contributed by atoms with E-state index in [0.29, 0.717) is 0 Å². The Hall–Kier alpha value is -1.12. The van der Waals surface area contributed by atoms with E-state index in [9.17, 15) is 114 Å². The molecule has 0 aliphatic rings. The van der Waals surface area contributed by atoms with Crippen molar-refractivity contribution in [1.82, 2.24) is 0 Å². The van der Waals surface area contributed by atoms with Crippen LogP contribution in [-0.4, -0.2) is 83.1 Å². The minimum absolute atomic E-state index is 0.644. The van der Waals surface area contributed by atoms with Gasteiger partial charge in [0.2, 0.25) is 0 Å². The van der Waals surface area contributed by atoms with Gasteiger partial charge >= 0.3 is 71.6 Å². The number of halogens is 26. The Kier molecular flexibility index (Phi) is 11.5. The van der Waals surface area contributed by atoms with Crippen molar-refractivity contribution in [3.8, 4) is 0 Å². The van der Waals surface area contributed by atoms with Crippen molar-refractivity contribution in [2.24, 2.45) is 0 Å². The zero-order valence-electron chi connectivity index (χ0n) is 19.5. The summed E-state index contributed by atoms with van der Waals surface area (Å²) in [7, 11) is -1.29. The number of hydrogen-bond acceptors (Lipinski definition) is 2. The quantitative estimate of drug-likeness (QED) is 0.0927. The van der Waals surface area contributed by atoms with Gasteiger partial charge in [0.25, 0.3) is 0 Å². The molecule has 28 heteroatoms. The van der Waals surface area contributed by atoms with Gasteiger partial charge in [0, 0.05) is 24.3 Å². The maximum absolute atomic E-state index is 13.6. The Morgan fingerprint density at radius 2 is 0.432 bits per heavy atom. The van der Waals surface area contributed by atoms with Gasteiger partial charge in [-0.3, -0.25) is 0 Å². The highest BCUT2D eigenvalue weighted by Gasteiger charge is 2.92. The molecular weight excluding hydrogens is 750 g/mol. The summed E-state index contributed by atoms with van der Waals surface area (Å²) in [5.41, 5.74) is 0. The Morgan fingerprint density at radius 1 is 0.250 bits per heavy atom. The Bertz CT molecular complexity index is 896. The first-order valence-electron chi connectivity index (χ1n) is 9.86. The molecule has 0 bridgehead atoms. The largest absolute Gasteiger partial charge is 0.460 e. The lowest BCUT2D eigenvalue weighted by atomic mass is 9.93. The van der Waals surface area contributed by atoms with Crippen molar-refractivity contribution < 1.29 is 114 Å². The zero-order chi connectivity index (χ0) is 36.2. The van der Waals surface area contributed by atoms with Crippen LogP contribution >= 0.6 is 21.6 Å². The summed E-state index contributed by atoms with van der Waals surface area (Å²) >= 11 is 0. The van der Waals surface area contributed by atoms with E-state index >= 15 is 0 Å². The number of rotatable bonds is 15. The van der Waals surface area contributed by atoms with Crippen LogP contribution in [-0.2, 0) is 0 Å². The van der Waals surface area contributed by atoms with E-state index in [2.05, 4.69) is 0 Å². The average molecular weight is 758 g/mol. The predicted molar refractivity (Wildman–Crippen MR) is 95.7 cm³/mol. The highest BCUT2D eigenvalue weighted by molar-refractivity contribution is 8.76. The molecular formula is C16H8F26S2. The van der Waals surface area contributed by atoms with Gasteiger partial charge in [-0.15, -0.1) is 0 Å². The third-order valence-corrected chi connectivity index (χ3v) is 7.49. The van der Waals surface area contributed by atoms with Crippen LogP contribution in [0, 0.1) is 0 Å². The summed E-state index contributed by atoms with van der Waals surface area (Å²) in [6, 6.07) is 0. The summed E-state index contributed by atoms with van der Waals surface area (Å²) < 4.78 is 337. The van der Waals surface area contributed by atoms with Crippen molar-refractivity contribution in [3.63, 3.8) is 0 Å². The van der Waals surface area contributed by atoms with Crippen molar-refractivity contribution in [2.75, 3.05) is 11.5 Å². The van der Waals surface area contributed by atoms with Crippen LogP contribution in [0.25, 0.3) is 0 Å². The van der Waals surface area contributed by atoms with E-state index < -0.39 is 118 Å². The van der Waals surface area contributed by atoms with Crippen molar-refractivity contribution >= 4 is 21.6 Å². The summed E-state index contributed by atoms with van der Waals surface area (Å²) in [5.74, 6) is -81.6. The molecule has 0 heterocycles. The first-order chi connectivity index (χ1) is 18.7. The van der Waals surface area contributed by atoms with Crippen LogP contribution < -0.4 is 0 Å². The summed E-state index contributed by atoms with van der Waals surface area (Å²) in [6.45, 7) is 0. The molecule has 0 saturated heterocycles. The lowest BCUT2D eigenvalue weighted by molar-refractivity contribution is -0.439. The van der Waals surface area contributed by atoms with Gasteiger partial charge < -0.3 is 0 Å². The maximum atomic E-state index is 13.6. The van der Waals surface area contributed by atoms with E-state index in [1.807, 2.05) is 0 Å². The molecule has 0 nitrogen and oxygen atoms in total. The first-order valence-corrected chi connectivity index (χ1v) is 12.4. The monoisotopic (exact) mass is 758 g/mol. The van der Waals surface area contributed by atoms with E-state index in [-0.39, 0.29) is 0 Å². The lowest BCUT2D eigenvalue weighted by Gasteiger charge is -2.39. The minimum Gasteiger partial charge on any atom is -0.200 e. The first kappa shape index (κ1) is 42.9. The van der Waals surface area contributed by atoms with E-state index in [1.165, 1.54) is 0 Å².